The zero-order chi connectivity index (χ0) is 16.3. The van der Waals surface area contributed by atoms with Gasteiger partial charge in [-0.15, -0.1) is 11.6 Å². The summed E-state index contributed by atoms with van der Waals surface area (Å²) >= 11 is 6.00. The number of carbonyl (C=O) groups excluding carboxylic acids is 2. The van der Waals surface area contributed by atoms with Crippen molar-refractivity contribution in [3.05, 3.63) is 29.8 Å². The zero-order valence-corrected chi connectivity index (χ0v) is 13.8. The van der Waals surface area contributed by atoms with Crippen molar-refractivity contribution in [2.75, 3.05) is 11.4 Å². The molecule has 0 aromatic heterocycles. The molecule has 2 amide bonds. The lowest BCUT2D eigenvalue weighted by Gasteiger charge is -2.20. The first-order chi connectivity index (χ1) is 10.2. The monoisotopic (exact) mass is 324 g/mol. The van der Waals surface area contributed by atoms with E-state index in [4.69, 9.17) is 16.3 Å². The number of alkyl halides is 1. The second kappa shape index (κ2) is 6.57. The first-order valence-electron chi connectivity index (χ1n) is 7.25. The van der Waals surface area contributed by atoms with Gasteiger partial charge in [-0.2, -0.15) is 0 Å². The van der Waals surface area contributed by atoms with E-state index >= 15 is 0 Å². The fraction of sp³-hybridized carbons (Fsp3) is 0.500. The maximum absolute atomic E-state index is 11.8. The second-order valence-corrected chi connectivity index (χ2v) is 6.94. The molecule has 6 heteroatoms. The molecule has 2 rings (SSSR count). The molecule has 0 aliphatic carbocycles. The number of rotatable bonds is 3. The van der Waals surface area contributed by atoms with Gasteiger partial charge in [-0.1, -0.05) is 12.1 Å². The van der Waals surface area contributed by atoms with E-state index in [1.807, 2.05) is 45.0 Å². The molecule has 1 heterocycles. The molecule has 5 nitrogen and oxygen atoms in total. The Kier molecular flexibility index (Phi) is 4.96. The summed E-state index contributed by atoms with van der Waals surface area (Å²) in [4.78, 5) is 25.1. The van der Waals surface area contributed by atoms with Crippen LogP contribution in [0.4, 0.5) is 10.5 Å². The summed E-state index contributed by atoms with van der Waals surface area (Å²) in [6, 6.07) is 7.47. The van der Waals surface area contributed by atoms with Gasteiger partial charge >= 0.3 is 6.09 Å². The average Bonchev–Trinajstić information content (AvgIpc) is 2.74. The van der Waals surface area contributed by atoms with E-state index in [0.717, 1.165) is 11.3 Å². The zero-order valence-electron chi connectivity index (χ0n) is 13.1. The van der Waals surface area contributed by atoms with Crippen molar-refractivity contribution in [2.24, 2.45) is 0 Å². The van der Waals surface area contributed by atoms with Gasteiger partial charge in [0, 0.05) is 25.2 Å². The Balaban J connectivity index is 1.90. The lowest BCUT2D eigenvalue weighted by atomic mass is 10.2. The molecule has 1 fully saturated rings. The van der Waals surface area contributed by atoms with Crippen molar-refractivity contribution in [3.8, 4) is 0 Å². The van der Waals surface area contributed by atoms with Crippen LogP contribution in [0.2, 0.25) is 0 Å². The standard InChI is InChI=1S/C16H21ClN2O3/c1-16(2,3)22-15(21)18-9-11-4-6-13(7-5-11)19-10-12(17)8-14(19)20/h4-7,12H,8-10H2,1-3H3,(H,18,21). The number of nitrogens with one attached hydrogen (secondary N) is 1. The third-order valence-electron chi connectivity index (χ3n) is 3.16. The van der Waals surface area contributed by atoms with Crippen molar-refractivity contribution in [2.45, 2.75) is 44.7 Å². The third kappa shape index (κ3) is 4.63. The van der Waals surface area contributed by atoms with Gasteiger partial charge in [-0.3, -0.25) is 4.79 Å². The third-order valence-corrected chi connectivity index (χ3v) is 3.45. The molecule has 1 aliphatic rings. The number of halogens is 1. The van der Waals surface area contributed by atoms with E-state index in [9.17, 15) is 9.59 Å². The smallest absolute Gasteiger partial charge is 0.407 e. The van der Waals surface area contributed by atoms with Crippen molar-refractivity contribution in [3.63, 3.8) is 0 Å². The van der Waals surface area contributed by atoms with Crippen molar-refractivity contribution >= 4 is 29.3 Å². The first kappa shape index (κ1) is 16.6. The Labute approximate surface area is 135 Å². The van der Waals surface area contributed by atoms with E-state index in [-0.39, 0.29) is 11.3 Å². The van der Waals surface area contributed by atoms with Gasteiger partial charge in [-0.25, -0.2) is 4.79 Å². The molecule has 1 saturated heterocycles. The summed E-state index contributed by atoms with van der Waals surface area (Å²) < 4.78 is 5.17. The molecule has 120 valence electrons. The van der Waals surface area contributed by atoms with Crippen LogP contribution in [0, 0.1) is 0 Å². The highest BCUT2D eigenvalue weighted by molar-refractivity contribution is 6.24. The number of anilines is 1. The van der Waals surface area contributed by atoms with Crippen LogP contribution in [0.25, 0.3) is 0 Å². The van der Waals surface area contributed by atoms with Crippen LogP contribution in [0.15, 0.2) is 24.3 Å². The highest BCUT2D eigenvalue weighted by Gasteiger charge is 2.28. The van der Waals surface area contributed by atoms with E-state index in [1.165, 1.54) is 0 Å². The van der Waals surface area contributed by atoms with Crippen molar-refractivity contribution < 1.29 is 14.3 Å². The Hall–Kier alpha value is -1.75. The van der Waals surface area contributed by atoms with E-state index in [0.29, 0.717) is 19.5 Å². The average molecular weight is 325 g/mol. The molecule has 1 aliphatic heterocycles. The van der Waals surface area contributed by atoms with Crippen molar-refractivity contribution in [1.82, 2.24) is 5.32 Å². The van der Waals surface area contributed by atoms with Crippen LogP contribution in [0.5, 0.6) is 0 Å². The highest BCUT2D eigenvalue weighted by atomic mass is 35.5. The Bertz CT molecular complexity index is 552. The number of nitrogens with zero attached hydrogens (tertiary/aromatic N) is 1. The van der Waals surface area contributed by atoms with E-state index < -0.39 is 11.7 Å². The predicted octanol–water partition coefficient (Wildman–Crippen LogP) is 3.06. The molecular weight excluding hydrogens is 304 g/mol. The molecular formula is C16H21ClN2O3. The quantitative estimate of drug-likeness (QED) is 0.869. The number of amides is 2. The number of alkyl carbamates (subject to hydrolysis) is 1. The largest absolute Gasteiger partial charge is 0.444 e. The Morgan fingerprint density at radius 3 is 2.50 bits per heavy atom. The number of benzene rings is 1. The minimum absolute atomic E-state index is 0.0413. The maximum Gasteiger partial charge on any atom is 0.407 e. The van der Waals surface area contributed by atoms with Crippen LogP contribution in [0.1, 0.15) is 32.8 Å². The number of hydrogen-bond donors (Lipinski definition) is 1. The predicted molar refractivity (Wildman–Crippen MR) is 86.1 cm³/mol. The number of ether oxygens (including phenoxy) is 1. The SMILES string of the molecule is CC(C)(C)OC(=O)NCc1ccc(N2CC(Cl)CC2=O)cc1. The molecule has 0 saturated carbocycles. The summed E-state index contributed by atoms with van der Waals surface area (Å²) in [7, 11) is 0. The number of hydrogen-bond acceptors (Lipinski definition) is 3. The topological polar surface area (TPSA) is 58.6 Å². The summed E-state index contributed by atoms with van der Waals surface area (Å²) in [5.74, 6) is 0.0413. The summed E-state index contributed by atoms with van der Waals surface area (Å²) in [6.07, 6.45) is -0.0694. The van der Waals surface area contributed by atoms with Gasteiger partial charge in [0.2, 0.25) is 5.91 Å². The van der Waals surface area contributed by atoms with Gasteiger partial charge in [-0.05, 0) is 38.5 Å². The molecule has 1 unspecified atom stereocenters. The van der Waals surface area contributed by atoms with Crippen molar-refractivity contribution in [1.29, 1.82) is 0 Å². The molecule has 0 radical (unpaired) electrons. The van der Waals surface area contributed by atoms with Crippen LogP contribution < -0.4 is 10.2 Å². The summed E-state index contributed by atoms with van der Waals surface area (Å²) in [5, 5.41) is 2.57. The Morgan fingerprint density at radius 2 is 2.00 bits per heavy atom. The minimum atomic E-state index is -0.512. The summed E-state index contributed by atoms with van der Waals surface area (Å²) in [5.41, 5.74) is 1.25. The van der Waals surface area contributed by atoms with Gasteiger partial charge < -0.3 is 15.0 Å². The molecule has 22 heavy (non-hydrogen) atoms. The first-order valence-corrected chi connectivity index (χ1v) is 7.68. The van der Waals surface area contributed by atoms with Crippen LogP contribution in [-0.4, -0.2) is 29.5 Å². The molecule has 1 aromatic carbocycles. The van der Waals surface area contributed by atoms with Crippen LogP contribution >= 0.6 is 11.6 Å². The van der Waals surface area contributed by atoms with Gasteiger partial charge in [0.15, 0.2) is 0 Å². The molecule has 1 N–H and O–H groups in total. The van der Waals surface area contributed by atoms with E-state index in [2.05, 4.69) is 5.32 Å². The molecule has 0 spiro atoms. The normalized spacial score (nSPS) is 18.5. The lowest BCUT2D eigenvalue weighted by Crippen LogP contribution is -2.32. The minimum Gasteiger partial charge on any atom is -0.444 e. The maximum atomic E-state index is 11.8. The van der Waals surface area contributed by atoms with E-state index in [1.54, 1.807) is 4.90 Å². The van der Waals surface area contributed by atoms with Crippen LogP contribution in [0.3, 0.4) is 0 Å². The molecule has 1 aromatic rings. The molecule has 1 atom stereocenters. The molecule has 0 bridgehead atoms. The van der Waals surface area contributed by atoms with Crippen LogP contribution in [-0.2, 0) is 16.1 Å². The number of carbonyl (C=O) groups is 2. The fourth-order valence-corrected chi connectivity index (χ4v) is 2.47. The van der Waals surface area contributed by atoms with Gasteiger partial charge in [0.25, 0.3) is 0 Å². The van der Waals surface area contributed by atoms with Gasteiger partial charge in [0.05, 0.1) is 5.38 Å². The van der Waals surface area contributed by atoms with Gasteiger partial charge in [0.1, 0.15) is 5.60 Å². The summed E-state index contributed by atoms with van der Waals surface area (Å²) in [6.45, 7) is 6.37. The fourth-order valence-electron chi connectivity index (χ4n) is 2.20. The lowest BCUT2D eigenvalue weighted by molar-refractivity contribution is -0.117. The highest BCUT2D eigenvalue weighted by Crippen LogP contribution is 2.24. The second-order valence-electron chi connectivity index (χ2n) is 6.33. The Morgan fingerprint density at radius 1 is 1.36 bits per heavy atom.